The molecule has 1 aromatic carbocycles. The third kappa shape index (κ3) is 3.55. The average molecular weight is 325 g/mol. The van der Waals surface area contributed by atoms with E-state index in [2.05, 4.69) is 22.9 Å². The molecule has 0 fully saturated rings. The van der Waals surface area contributed by atoms with Gasteiger partial charge in [0, 0.05) is 11.6 Å². The molecule has 0 unspecified atom stereocenters. The Morgan fingerprint density at radius 2 is 2.04 bits per heavy atom. The second-order valence-electron chi connectivity index (χ2n) is 5.63. The van der Waals surface area contributed by atoms with Crippen molar-refractivity contribution < 1.29 is 10.2 Å². The van der Waals surface area contributed by atoms with Gasteiger partial charge in [0.1, 0.15) is 5.76 Å². The van der Waals surface area contributed by atoms with Crippen molar-refractivity contribution in [3.8, 4) is 11.3 Å². The van der Waals surface area contributed by atoms with Crippen molar-refractivity contribution in [2.24, 2.45) is 0 Å². The van der Waals surface area contributed by atoms with Gasteiger partial charge in [-0.2, -0.15) is 0 Å². The van der Waals surface area contributed by atoms with Gasteiger partial charge in [-0.1, -0.05) is 18.2 Å². The molecule has 124 valence electrons. The van der Waals surface area contributed by atoms with Gasteiger partial charge < -0.3 is 15.9 Å². The van der Waals surface area contributed by atoms with Gasteiger partial charge in [0.25, 0.3) is 5.56 Å². The van der Waals surface area contributed by atoms with E-state index in [1.54, 1.807) is 12.3 Å². The summed E-state index contributed by atoms with van der Waals surface area (Å²) >= 11 is 0. The summed E-state index contributed by atoms with van der Waals surface area (Å²) in [4.78, 5) is 16.4. The third-order valence-electron chi connectivity index (χ3n) is 3.88. The highest BCUT2D eigenvalue weighted by Crippen LogP contribution is 2.21. The Labute approximate surface area is 139 Å². The summed E-state index contributed by atoms with van der Waals surface area (Å²) in [5.74, 6) is 1.10. The Balaban J connectivity index is 1.74. The first-order valence-corrected chi connectivity index (χ1v) is 7.95. The second-order valence-corrected chi connectivity index (χ2v) is 5.63. The maximum Gasteiger partial charge on any atom is 0.255 e. The van der Waals surface area contributed by atoms with Gasteiger partial charge in [-0.25, -0.2) is 4.98 Å². The van der Waals surface area contributed by atoms with E-state index < -0.39 is 0 Å². The fourth-order valence-electron chi connectivity index (χ4n) is 2.68. The molecular formula is C18H21N4O2+. The van der Waals surface area contributed by atoms with Crippen LogP contribution < -0.4 is 17.0 Å². The molecule has 0 amide bonds. The summed E-state index contributed by atoms with van der Waals surface area (Å²) in [6.45, 7) is 1.09. The van der Waals surface area contributed by atoms with Gasteiger partial charge in [-0.05, 0) is 36.6 Å². The summed E-state index contributed by atoms with van der Waals surface area (Å²) in [6, 6.07) is 13.5. The van der Waals surface area contributed by atoms with Gasteiger partial charge in [0.2, 0.25) is 5.95 Å². The first-order valence-electron chi connectivity index (χ1n) is 7.95. The molecule has 0 aliphatic carbocycles. The molecule has 0 aliphatic rings. The number of nitrogens with zero attached hydrogens (tertiary/aromatic N) is 2. The molecule has 0 atom stereocenters. The van der Waals surface area contributed by atoms with E-state index in [1.165, 1.54) is 4.57 Å². The maximum atomic E-state index is 12.1. The SMILES string of the molecule is Nc1nc(CCc2cccc(-c3ccco3)c2)cc(=O)n1CC[NH3+]. The summed E-state index contributed by atoms with van der Waals surface area (Å²) in [7, 11) is 0. The number of hydrogen-bond acceptors (Lipinski definition) is 4. The van der Waals surface area contributed by atoms with Crippen molar-refractivity contribution in [1.82, 2.24) is 9.55 Å². The van der Waals surface area contributed by atoms with Crippen LogP contribution in [0.5, 0.6) is 0 Å². The molecule has 0 radical (unpaired) electrons. The fourth-order valence-corrected chi connectivity index (χ4v) is 2.68. The zero-order valence-electron chi connectivity index (χ0n) is 13.4. The minimum absolute atomic E-state index is 0.120. The zero-order valence-corrected chi connectivity index (χ0v) is 13.4. The summed E-state index contributed by atoms with van der Waals surface area (Å²) in [5.41, 5.74) is 12.4. The van der Waals surface area contributed by atoms with Crippen molar-refractivity contribution in [2.75, 3.05) is 12.3 Å². The quantitative estimate of drug-likeness (QED) is 0.709. The van der Waals surface area contributed by atoms with E-state index >= 15 is 0 Å². The topological polar surface area (TPSA) is 102 Å². The van der Waals surface area contributed by atoms with Crippen molar-refractivity contribution >= 4 is 5.95 Å². The number of quaternary nitrogens is 1. The Kier molecular flexibility index (Phi) is 4.77. The number of aryl methyl sites for hydroxylation is 2. The Morgan fingerprint density at radius 3 is 2.75 bits per heavy atom. The Bertz CT molecular complexity index is 869. The lowest BCUT2D eigenvalue weighted by atomic mass is 10.0. The average Bonchev–Trinajstić information content (AvgIpc) is 3.11. The molecule has 2 heterocycles. The highest BCUT2D eigenvalue weighted by atomic mass is 16.3. The Morgan fingerprint density at radius 1 is 1.17 bits per heavy atom. The predicted molar refractivity (Wildman–Crippen MR) is 92.2 cm³/mol. The van der Waals surface area contributed by atoms with Crippen LogP contribution in [-0.4, -0.2) is 16.1 Å². The number of rotatable bonds is 6. The molecule has 6 nitrogen and oxygen atoms in total. The first kappa shape index (κ1) is 16.0. The van der Waals surface area contributed by atoms with Crippen LogP contribution in [0.25, 0.3) is 11.3 Å². The largest absolute Gasteiger partial charge is 0.464 e. The molecular weight excluding hydrogens is 304 g/mol. The lowest BCUT2D eigenvalue weighted by molar-refractivity contribution is -0.369. The van der Waals surface area contributed by atoms with Gasteiger partial charge in [0.15, 0.2) is 0 Å². The molecule has 2 aromatic heterocycles. The molecule has 0 spiro atoms. The molecule has 24 heavy (non-hydrogen) atoms. The van der Waals surface area contributed by atoms with E-state index in [4.69, 9.17) is 10.2 Å². The maximum absolute atomic E-state index is 12.1. The number of benzene rings is 1. The van der Waals surface area contributed by atoms with Crippen LogP contribution >= 0.6 is 0 Å². The predicted octanol–water partition coefficient (Wildman–Crippen LogP) is 1.11. The van der Waals surface area contributed by atoms with E-state index in [9.17, 15) is 4.79 Å². The highest BCUT2D eigenvalue weighted by molar-refractivity contribution is 5.58. The number of aromatic nitrogens is 2. The molecule has 3 rings (SSSR count). The normalized spacial score (nSPS) is 10.9. The molecule has 0 bridgehead atoms. The van der Waals surface area contributed by atoms with Gasteiger partial charge in [0.05, 0.1) is 25.0 Å². The smallest absolute Gasteiger partial charge is 0.255 e. The molecule has 0 saturated carbocycles. The number of nitrogens with two attached hydrogens (primary N) is 1. The third-order valence-corrected chi connectivity index (χ3v) is 3.88. The van der Waals surface area contributed by atoms with Crippen LogP contribution in [0.15, 0.2) is 57.9 Å². The molecule has 0 aliphatic heterocycles. The van der Waals surface area contributed by atoms with Crippen LogP contribution in [0.3, 0.4) is 0 Å². The van der Waals surface area contributed by atoms with Gasteiger partial charge >= 0.3 is 0 Å². The van der Waals surface area contributed by atoms with Crippen LogP contribution in [0.1, 0.15) is 11.3 Å². The monoisotopic (exact) mass is 325 g/mol. The number of nitrogen functional groups attached to an aromatic ring is 1. The Hall–Kier alpha value is -2.86. The molecule has 3 aromatic rings. The highest BCUT2D eigenvalue weighted by Gasteiger charge is 2.07. The number of furan rings is 1. The molecule has 0 saturated heterocycles. The summed E-state index contributed by atoms with van der Waals surface area (Å²) < 4.78 is 6.88. The van der Waals surface area contributed by atoms with Crippen molar-refractivity contribution in [2.45, 2.75) is 19.4 Å². The van der Waals surface area contributed by atoms with Gasteiger partial charge in [-0.15, -0.1) is 0 Å². The van der Waals surface area contributed by atoms with Crippen molar-refractivity contribution in [3.05, 3.63) is 70.3 Å². The van der Waals surface area contributed by atoms with Crippen LogP contribution in [0, 0.1) is 0 Å². The van der Waals surface area contributed by atoms with Crippen LogP contribution in [-0.2, 0) is 19.4 Å². The van der Waals surface area contributed by atoms with E-state index in [-0.39, 0.29) is 11.5 Å². The van der Waals surface area contributed by atoms with Gasteiger partial charge in [-0.3, -0.25) is 9.36 Å². The first-order chi connectivity index (χ1) is 11.7. The second kappa shape index (κ2) is 7.14. The van der Waals surface area contributed by atoms with Crippen molar-refractivity contribution in [1.29, 1.82) is 0 Å². The zero-order chi connectivity index (χ0) is 16.9. The van der Waals surface area contributed by atoms with E-state index in [0.29, 0.717) is 25.2 Å². The minimum atomic E-state index is -0.120. The lowest BCUT2D eigenvalue weighted by Crippen LogP contribution is -2.53. The fraction of sp³-hybridized carbons (Fsp3) is 0.222. The standard InChI is InChI=1S/C18H20N4O2/c19-8-9-22-17(23)12-15(21-18(22)20)7-6-13-3-1-4-14(11-13)16-5-2-10-24-16/h1-5,10-12H,6-9,19H2,(H2,20,21)/p+1. The number of anilines is 1. The molecule has 6 heteroatoms. The summed E-state index contributed by atoms with van der Waals surface area (Å²) in [5, 5.41) is 0. The summed E-state index contributed by atoms with van der Waals surface area (Å²) in [6.07, 6.45) is 3.10. The number of hydrogen-bond donors (Lipinski definition) is 2. The van der Waals surface area contributed by atoms with E-state index in [0.717, 1.165) is 23.3 Å². The minimum Gasteiger partial charge on any atom is -0.464 e. The van der Waals surface area contributed by atoms with Crippen LogP contribution in [0.2, 0.25) is 0 Å². The van der Waals surface area contributed by atoms with Crippen LogP contribution in [0.4, 0.5) is 5.95 Å². The molecule has 5 N–H and O–H groups in total. The van der Waals surface area contributed by atoms with Crippen molar-refractivity contribution in [3.63, 3.8) is 0 Å². The lowest BCUT2D eigenvalue weighted by Gasteiger charge is -2.08. The van der Waals surface area contributed by atoms with E-state index in [1.807, 2.05) is 24.3 Å².